The van der Waals surface area contributed by atoms with Gasteiger partial charge in [-0.05, 0) is 36.4 Å². The summed E-state index contributed by atoms with van der Waals surface area (Å²) >= 11 is 0. The van der Waals surface area contributed by atoms with Crippen LogP contribution in [-0.2, 0) is 0 Å². The van der Waals surface area contributed by atoms with Crippen molar-refractivity contribution in [1.82, 2.24) is 9.55 Å². The fraction of sp³-hybridized carbons (Fsp3) is 0. The largest absolute Gasteiger partial charge is 0.505 e. The number of carbonyl (C=O) groups excluding carboxylic acids is 1. The van der Waals surface area contributed by atoms with Crippen LogP contribution < -0.4 is 5.32 Å². The van der Waals surface area contributed by atoms with Gasteiger partial charge in [-0.1, -0.05) is 36.4 Å². The van der Waals surface area contributed by atoms with E-state index in [1.54, 1.807) is 41.2 Å². The molecule has 122 valence electrons. The minimum Gasteiger partial charge on any atom is -0.505 e. The molecule has 0 spiro atoms. The van der Waals surface area contributed by atoms with Crippen LogP contribution in [0, 0.1) is 0 Å². The Morgan fingerprint density at radius 1 is 0.920 bits per heavy atom. The highest BCUT2D eigenvalue weighted by Gasteiger charge is 2.16. The smallest absolute Gasteiger partial charge is 0.259 e. The van der Waals surface area contributed by atoms with Crippen molar-refractivity contribution in [2.75, 3.05) is 5.32 Å². The van der Waals surface area contributed by atoms with Crippen LogP contribution in [0.2, 0.25) is 0 Å². The number of nitrogens with zero attached hydrogens (tertiary/aromatic N) is 2. The molecule has 0 saturated heterocycles. The Bertz CT molecular complexity index is 1050. The number of nitrogens with one attached hydrogen (secondary N) is 1. The van der Waals surface area contributed by atoms with Crippen LogP contribution in [0.5, 0.6) is 5.75 Å². The lowest BCUT2D eigenvalue weighted by Gasteiger charge is -2.11. The van der Waals surface area contributed by atoms with Gasteiger partial charge < -0.3 is 10.4 Å². The van der Waals surface area contributed by atoms with E-state index in [-0.39, 0.29) is 17.2 Å². The van der Waals surface area contributed by atoms with Crippen LogP contribution in [0.3, 0.4) is 0 Å². The van der Waals surface area contributed by atoms with Crippen molar-refractivity contribution in [3.8, 4) is 11.4 Å². The minimum atomic E-state index is -0.366. The Morgan fingerprint density at radius 3 is 2.52 bits per heavy atom. The molecule has 1 aromatic heterocycles. The Morgan fingerprint density at radius 2 is 1.68 bits per heavy atom. The van der Waals surface area contributed by atoms with Gasteiger partial charge in [0.25, 0.3) is 5.91 Å². The third-order valence-electron chi connectivity index (χ3n) is 4.00. The van der Waals surface area contributed by atoms with E-state index in [4.69, 9.17) is 0 Å². The number of hydrogen-bond donors (Lipinski definition) is 2. The quantitative estimate of drug-likeness (QED) is 0.597. The first-order chi connectivity index (χ1) is 12.2. The number of benzene rings is 3. The molecule has 0 aliphatic carbocycles. The van der Waals surface area contributed by atoms with Crippen molar-refractivity contribution in [2.24, 2.45) is 0 Å². The van der Waals surface area contributed by atoms with Crippen molar-refractivity contribution >= 4 is 22.6 Å². The molecule has 0 aliphatic heterocycles. The van der Waals surface area contributed by atoms with Crippen LogP contribution in [0.1, 0.15) is 10.4 Å². The Labute approximate surface area is 144 Å². The summed E-state index contributed by atoms with van der Waals surface area (Å²) in [5.41, 5.74) is 3.07. The molecular weight excluding hydrogens is 314 g/mol. The molecule has 0 unspecified atom stereocenters. The average molecular weight is 329 g/mol. The molecule has 0 saturated carbocycles. The summed E-state index contributed by atoms with van der Waals surface area (Å²) in [7, 11) is 0. The first-order valence-corrected chi connectivity index (χ1v) is 7.85. The molecule has 0 aliphatic rings. The summed E-state index contributed by atoms with van der Waals surface area (Å²) in [6.45, 7) is 0. The Balaban J connectivity index is 1.74. The van der Waals surface area contributed by atoms with Crippen LogP contribution in [0.4, 0.5) is 5.69 Å². The number of phenols is 1. The SMILES string of the molecule is O=C(Nc1ccccc1)c1cccc(-n2cnc3ccccc32)c1O. The molecule has 1 heterocycles. The van der Waals surface area contributed by atoms with E-state index >= 15 is 0 Å². The maximum absolute atomic E-state index is 12.5. The molecule has 4 rings (SSSR count). The molecule has 3 aromatic carbocycles. The average Bonchev–Trinajstić information content (AvgIpc) is 3.07. The van der Waals surface area contributed by atoms with Gasteiger partial charge in [0.1, 0.15) is 6.33 Å². The third kappa shape index (κ3) is 2.72. The van der Waals surface area contributed by atoms with Gasteiger partial charge in [-0.3, -0.25) is 9.36 Å². The van der Waals surface area contributed by atoms with E-state index in [0.29, 0.717) is 11.4 Å². The van der Waals surface area contributed by atoms with Crippen LogP contribution in [0.25, 0.3) is 16.7 Å². The van der Waals surface area contributed by atoms with Gasteiger partial charge in [-0.25, -0.2) is 4.98 Å². The first kappa shape index (κ1) is 15.0. The van der Waals surface area contributed by atoms with Gasteiger partial charge in [0, 0.05) is 5.69 Å². The lowest BCUT2D eigenvalue weighted by Crippen LogP contribution is -2.12. The van der Waals surface area contributed by atoms with E-state index in [2.05, 4.69) is 10.3 Å². The standard InChI is InChI=1S/C20H15N3O2/c24-19-15(20(25)22-14-7-2-1-3-8-14)9-6-12-18(19)23-13-21-16-10-4-5-11-17(16)23/h1-13,24H,(H,22,25). The second kappa shape index (κ2) is 6.13. The topological polar surface area (TPSA) is 67.2 Å². The summed E-state index contributed by atoms with van der Waals surface area (Å²) in [5, 5.41) is 13.4. The number of rotatable bonds is 3. The number of para-hydroxylation sites is 4. The summed E-state index contributed by atoms with van der Waals surface area (Å²) in [6.07, 6.45) is 1.64. The number of amides is 1. The molecule has 5 nitrogen and oxygen atoms in total. The number of imidazole rings is 1. The molecular formula is C20H15N3O2. The molecule has 5 heteroatoms. The predicted octanol–water partition coefficient (Wildman–Crippen LogP) is 3.98. The molecule has 2 N–H and O–H groups in total. The normalized spacial score (nSPS) is 10.7. The van der Waals surface area contributed by atoms with E-state index < -0.39 is 0 Å². The second-order valence-electron chi connectivity index (χ2n) is 5.60. The molecule has 4 aromatic rings. The maximum atomic E-state index is 12.5. The van der Waals surface area contributed by atoms with Gasteiger partial charge in [-0.2, -0.15) is 0 Å². The first-order valence-electron chi connectivity index (χ1n) is 7.85. The number of aromatic nitrogens is 2. The summed E-state index contributed by atoms with van der Waals surface area (Å²) in [5.74, 6) is -0.450. The fourth-order valence-electron chi connectivity index (χ4n) is 2.78. The van der Waals surface area contributed by atoms with Crippen molar-refractivity contribution in [3.63, 3.8) is 0 Å². The van der Waals surface area contributed by atoms with Gasteiger partial charge in [0.2, 0.25) is 0 Å². The molecule has 0 atom stereocenters. The second-order valence-corrected chi connectivity index (χ2v) is 5.60. The van der Waals surface area contributed by atoms with Crippen LogP contribution in [0.15, 0.2) is 79.1 Å². The van der Waals surface area contributed by atoms with Gasteiger partial charge in [-0.15, -0.1) is 0 Å². The number of hydrogen-bond acceptors (Lipinski definition) is 3. The number of phenolic OH excluding ortho intramolecular Hbond substituents is 1. The highest BCUT2D eigenvalue weighted by molar-refractivity contribution is 6.06. The van der Waals surface area contributed by atoms with E-state index in [9.17, 15) is 9.90 Å². The lowest BCUT2D eigenvalue weighted by atomic mass is 10.1. The number of aromatic hydroxyl groups is 1. The fourth-order valence-corrected chi connectivity index (χ4v) is 2.78. The molecule has 25 heavy (non-hydrogen) atoms. The summed E-state index contributed by atoms with van der Waals surface area (Å²) in [4.78, 5) is 16.9. The van der Waals surface area contributed by atoms with E-state index in [1.807, 2.05) is 42.5 Å². The van der Waals surface area contributed by atoms with Crippen molar-refractivity contribution in [3.05, 3.63) is 84.7 Å². The van der Waals surface area contributed by atoms with Crippen LogP contribution >= 0.6 is 0 Å². The van der Waals surface area contributed by atoms with Crippen molar-refractivity contribution < 1.29 is 9.90 Å². The molecule has 1 amide bonds. The minimum absolute atomic E-state index is 0.0842. The van der Waals surface area contributed by atoms with Crippen molar-refractivity contribution in [2.45, 2.75) is 0 Å². The highest BCUT2D eigenvalue weighted by Crippen LogP contribution is 2.29. The maximum Gasteiger partial charge on any atom is 0.259 e. The van der Waals surface area contributed by atoms with Gasteiger partial charge in [0.05, 0.1) is 22.3 Å². The molecule has 0 bridgehead atoms. The zero-order valence-corrected chi connectivity index (χ0v) is 13.3. The van der Waals surface area contributed by atoms with Crippen LogP contribution in [-0.4, -0.2) is 20.6 Å². The van der Waals surface area contributed by atoms with Gasteiger partial charge >= 0.3 is 0 Å². The number of anilines is 1. The summed E-state index contributed by atoms with van der Waals surface area (Å²) < 4.78 is 1.77. The molecule has 0 fully saturated rings. The number of fused-ring (bicyclic) bond motifs is 1. The van der Waals surface area contributed by atoms with E-state index in [0.717, 1.165) is 11.0 Å². The third-order valence-corrected chi connectivity index (χ3v) is 4.00. The zero-order valence-electron chi connectivity index (χ0n) is 13.3. The lowest BCUT2D eigenvalue weighted by molar-refractivity contribution is 0.102. The van der Waals surface area contributed by atoms with Crippen molar-refractivity contribution in [1.29, 1.82) is 0 Å². The summed E-state index contributed by atoms with van der Waals surface area (Å²) in [6, 6.07) is 21.8. The Hall–Kier alpha value is -3.60. The predicted molar refractivity (Wildman–Crippen MR) is 97.1 cm³/mol. The molecule has 0 radical (unpaired) electrons. The van der Waals surface area contributed by atoms with Gasteiger partial charge in [0.15, 0.2) is 5.75 Å². The highest BCUT2D eigenvalue weighted by atomic mass is 16.3. The van der Waals surface area contributed by atoms with E-state index in [1.165, 1.54) is 0 Å². The zero-order chi connectivity index (χ0) is 17.2. The number of carbonyl (C=O) groups is 1. The monoisotopic (exact) mass is 329 g/mol. The Kier molecular flexibility index (Phi) is 3.67.